The Hall–Kier alpha value is -3.97. The van der Waals surface area contributed by atoms with E-state index >= 15 is 0 Å². The van der Waals surface area contributed by atoms with Crippen molar-refractivity contribution in [1.29, 1.82) is 0 Å². The second-order valence-electron chi connectivity index (χ2n) is 11.1. The molecule has 45 heavy (non-hydrogen) atoms. The molecule has 240 valence electrons. The lowest BCUT2D eigenvalue weighted by atomic mass is 9.94. The predicted molar refractivity (Wildman–Crippen MR) is 175 cm³/mol. The van der Waals surface area contributed by atoms with Crippen LogP contribution >= 0.6 is 15.9 Å². The average Bonchev–Trinajstić information content (AvgIpc) is 3.01. The molecule has 0 aromatic heterocycles. The largest absolute Gasteiger partial charge is 0.495 e. The zero-order valence-electron chi connectivity index (χ0n) is 25.2. The number of hydrogen-bond acceptors (Lipinski definition) is 7. The molecule has 4 rings (SSSR count). The van der Waals surface area contributed by atoms with Gasteiger partial charge < -0.3 is 15.0 Å². The number of rotatable bonds is 13. The number of nitrogens with one attached hydrogen (secondary N) is 1. The molecule has 0 saturated heterocycles. The molecule has 11 nitrogen and oxygen atoms in total. The van der Waals surface area contributed by atoms with Crippen molar-refractivity contribution in [3.8, 4) is 5.75 Å². The van der Waals surface area contributed by atoms with E-state index in [4.69, 9.17) is 4.74 Å². The van der Waals surface area contributed by atoms with Gasteiger partial charge in [-0.25, -0.2) is 8.42 Å². The summed E-state index contributed by atoms with van der Waals surface area (Å²) in [6, 6.07) is 19.2. The van der Waals surface area contributed by atoms with E-state index in [9.17, 15) is 28.1 Å². The van der Waals surface area contributed by atoms with Gasteiger partial charge in [-0.15, -0.1) is 0 Å². The van der Waals surface area contributed by atoms with Crippen molar-refractivity contribution in [2.75, 3.05) is 24.2 Å². The predicted octanol–water partition coefficient (Wildman–Crippen LogP) is 5.22. The van der Waals surface area contributed by atoms with Gasteiger partial charge in [-0.3, -0.25) is 24.0 Å². The van der Waals surface area contributed by atoms with E-state index in [2.05, 4.69) is 21.2 Å². The summed E-state index contributed by atoms with van der Waals surface area (Å²) in [6.07, 6.45) is 5.91. The van der Waals surface area contributed by atoms with Crippen LogP contribution in [0.15, 0.2) is 77.3 Å². The minimum atomic E-state index is -4.15. The first-order valence-corrected chi connectivity index (χ1v) is 17.3. The molecule has 1 atom stereocenters. The van der Waals surface area contributed by atoms with Crippen LogP contribution in [0.4, 0.5) is 11.4 Å². The molecule has 0 spiro atoms. The number of halogens is 1. The highest BCUT2D eigenvalue weighted by Gasteiger charge is 2.35. The molecule has 3 aromatic rings. The molecule has 0 aliphatic heterocycles. The van der Waals surface area contributed by atoms with Gasteiger partial charge in [0.05, 0.1) is 18.3 Å². The Balaban J connectivity index is 1.78. The van der Waals surface area contributed by atoms with E-state index in [0.29, 0.717) is 0 Å². The Morgan fingerprint density at radius 1 is 1.02 bits per heavy atom. The fraction of sp³-hybridized carbons (Fsp3) is 0.375. The number of nitrogens with zero attached hydrogens (tertiary/aromatic N) is 3. The van der Waals surface area contributed by atoms with Crippen LogP contribution in [0, 0.1) is 10.1 Å². The minimum Gasteiger partial charge on any atom is -0.495 e. The number of sulfonamides is 1. The SMILES string of the molecule is COc1ccc([N+](=O)[O-])cc1N(CC(=O)N(Cc1cccc(Br)c1)[C@H](Cc1ccccc1)C(=O)NC1CCCCC1)S(C)(=O)=O. The zero-order valence-corrected chi connectivity index (χ0v) is 27.6. The molecule has 1 aliphatic rings. The molecule has 1 saturated carbocycles. The molecule has 1 fully saturated rings. The Morgan fingerprint density at radius 3 is 2.33 bits per heavy atom. The Kier molecular flexibility index (Phi) is 11.6. The van der Waals surface area contributed by atoms with E-state index in [1.54, 1.807) is 0 Å². The third kappa shape index (κ3) is 9.27. The molecular weight excluding hydrogens is 664 g/mol. The van der Waals surface area contributed by atoms with E-state index in [1.165, 1.54) is 24.1 Å². The Labute approximate surface area is 271 Å². The first kappa shape index (κ1) is 33.9. The summed E-state index contributed by atoms with van der Waals surface area (Å²) in [5.74, 6) is -0.949. The number of non-ortho nitro benzene ring substituents is 1. The molecular formula is C32H37BrN4O7S. The zero-order chi connectivity index (χ0) is 32.6. The van der Waals surface area contributed by atoms with Crippen molar-refractivity contribution in [1.82, 2.24) is 10.2 Å². The molecule has 1 aliphatic carbocycles. The number of ether oxygens (including phenoxy) is 1. The van der Waals surface area contributed by atoms with E-state index in [-0.39, 0.29) is 42.0 Å². The number of methoxy groups -OCH3 is 1. The van der Waals surface area contributed by atoms with Crippen LogP contribution in [0.25, 0.3) is 0 Å². The van der Waals surface area contributed by atoms with E-state index < -0.39 is 33.4 Å². The number of nitro groups is 1. The van der Waals surface area contributed by atoms with Gasteiger partial charge in [0, 0.05) is 35.6 Å². The summed E-state index contributed by atoms with van der Waals surface area (Å²) >= 11 is 3.47. The quantitative estimate of drug-likeness (QED) is 0.191. The second-order valence-corrected chi connectivity index (χ2v) is 13.9. The smallest absolute Gasteiger partial charge is 0.271 e. The summed E-state index contributed by atoms with van der Waals surface area (Å²) in [7, 11) is -2.85. The minimum absolute atomic E-state index is 0.0114. The van der Waals surface area contributed by atoms with Crippen molar-refractivity contribution in [3.63, 3.8) is 0 Å². The highest BCUT2D eigenvalue weighted by molar-refractivity contribution is 9.10. The van der Waals surface area contributed by atoms with Crippen LogP contribution in [0.2, 0.25) is 0 Å². The molecule has 0 unspecified atom stereocenters. The molecule has 2 amide bonds. The fourth-order valence-electron chi connectivity index (χ4n) is 5.51. The van der Waals surface area contributed by atoms with Gasteiger partial charge in [0.25, 0.3) is 5.69 Å². The number of nitro benzene ring substituents is 1. The van der Waals surface area contributed by atoms with Crippen LogP contribution in [0.5, 0.6) is 5.75 Å². The van der Waals surface area contributed by atoms with Crippen molar-refractivity contribution >= 4 is 49.1 Å². The maximum atomic E-state index is 14.4. The lowest BCUT2D eigenvalue weighted by molar-refractivity contribution is -0.384. The Bertz CT molecular complexity index is 1610. The van der Waals surface area contributed by atoms with Gasteiger partial charge in [-0.05, 0) is 42.2 Å². The number of anilines is 1. The number of amides is 2. The lowest BCUT2D eigenvalue weighted by Crippen LogP contribution is -2.55. The van der Waals surface area contributed by atoms with Gasteiger partial charge in [0.15, 0.2) is 0 Å². The van der Waals surface area contributed by atoms with Gasteiger partial charge in [0.2, 0.25) is 21.8 Å². The summed E-state index contributed by atoms with van der Waals surface area (Å²) in [5, 5.41) is 14.7. The van der Waals surface area contributed by atoms with Crippen LogP contribution in [-0.4, -0.2) is 62.0 Å². The van der Waals surface area contributed by atoms with Crippen LogP contribution in [0.3, 0.4) is 0 Å². The van der Waals surface area contributed by atoms with Crippen molar-refractivity contribution in [2.45, 2.75) is 57.2 Å². The number of carbonyl (C=O) groups is 2. The summed E-state index contributed by atoms with van der Waals surface area (Å²) in [4.78, 5) is 40.7. The lowest BCUT2D eigenvalue weighted by Gasteiger charge is -2.35. The van der Waals surface area contributed by atoms with Gasteiger partial charge in [0.1, 0.15) is 24.0 Å². The van der Waals surface area contributed by atoms with Gasteiger partial charge in [-0.1, -0.05) is 77.7 Å². The normalized spacial score (nSPS) is 14.3. The molecule has 1 N–H and O–H groups in total. The standard InChI is InChI=1S/C32H37BrN4O7S/c1-44-30-17-16-27(37(40)41)20-28(30)36(45(2,42)43)22-31(38)35(21-24-12-9-13-25(33)18-24)29(19-23-10-5-3-6-11-23)32(39)34-26-14-7-4-8-15-26/h3,5-6,9-13,16-18,20,26,29H,4,7-8,14-15,19,21-22H2,1-2H3,(H,34,39)/t29-/m1/s1. The maximum Gasteiger partial charge on any atom is 0.271 e. The molecule has 3 aromatic carbocycles. The summed E-state index contributed by atoms with van der Waals surface area (Å²) in [5.41, 5.74) is 1.02. The third-order valence-corrected chi connectivity index (χ3v) is 9.41. The number of hydrogen-bond donors (Lipinski definition) is 1. The maximum absolute atomic E-state index is 14.4. The van der Waals surface area contributed by atoms with E-state index in [0.717, 1.165) is 64.3 Å². The molecule has 0 radical (unpaired) electrons. The molecule has 0 bridgehead atoms. The highest BCUT2D eigenvalue weighted by Crippen LogP contribution is 2.34. The van der Waals surface area contributed by atoms with Gasteiger partial charge >= 0.3 is 0 Å². The van der Waals surface area contributed by atoms with Crippen LogP contribution in [-0.2, 0) is 32.6 Å². The number of benzene rings is 3. The second kappa shape index (κ2) is 15.3. The van der Waals surface area contributed by atoms with Gasteiger partial charge in [-0.2, -0.15) is 0 Å². The monoisotopic (exact) mass is 700 g/mol. The average molecular weight is 702 g/mol. The number of carbonyl (C=O) groups excluding carboxylic acids is 2. The molecule has 13 heteroatoms. The van der Waals surface area contributed by atoms with Crippen molar-refractivity contribution < 1.29 is 27.7 Å². The summed E-state index contributed by atoms with van der Waals surface area (Å²) < 4.78 is 33.2. The first-order chi connectivity index (χ1) is 21.5. The topological polar surface area (TPSA) is 139 Å². The van der Waals surface area contributed by atoms with Crippen LogP contribution in [0.1, 0.15) is 43.2 Å². The highest BCUT2D eigenvalue weighted by atomic mass is 79.9. The van der Waals surface area contributed by atoms with Crippen molar-refractivity contribution in [3.05, 3.63) is 98.5 Å². The first-order valence-electron chi connectivity index (χ1n) is 14.6. The fourth-order valence-corrected chi connectivity index (χ4v) is 6.80. The van der Waals surface area contributed by atoms with Crippen molar-refractivity contribution in [2.24, 2.45) is 0 Å². The van der Waals surface area contributed by atoms with E-state index in [1.807, 2.05) is 54.6 Å². The third-order valence-electron chi connectivity index (χ3n) is 7.79. The van der Waals surface area contributed by atoms with Crippen LogP contribution < -0.4 is 14.4 Å². The summed E-state index contributed by atoms with van der Waals surface area (Å²) in [6.45, 7) is -0.704. The Morgan fingerprint density at radius 2 is 1.71 bits per heavy atom. The molecule has 0 heterocycles.